The minimum absolute atomic E-state index is 0.0255. The second kappa shape index (κ2) is 10.3. The van der Waals surface area contributed by atoms with Crippen molar-refractivity contribution in [2.45, 2.75) is 12.5 Å². The number of para-hydroxylation sites is 1. The van der Waals surface area contributed by atoms with Gasteiger partial charge in [0.15, 0.2) is 0 Å². The molecule has 1 atom stereocenters. The lowest BCUT2D eigenvalue weighted by Gasteiger charge is -2.24. The van der Waals surface area contributed by atoms with Crippen molar-refractivity contribution in [1.82, 2.24) is 10.4 Å². The zero-order chi connectivity index (χ0) is 24.9. The van der Waals surface area contributed by atoms with Crippen molar-refractivity contribution in [3.05, 3.63) is 90.2 Å². The fourth-order valence-corrected chi connectivity index (χ4v) is 3.95. The third-order valence-electron chi connectivity index (χ3n) is 5.29. The molecular weight excluding hydrogens is 471 g/mol. The number of ether oxygens (including phenoxy) is 1. The van der Waals surface area contributed by atoms with Crippen LogP contribution in [0.3, 0.4) is 0 Å². The van der Waals surface area contributed by atoms with Crippen LogP contribution >= 0.6 is 12.2 Å². The average molecular weight is 493 g/mol. The van der Waals surface area contributed by atoms with Crippen LogP contribution in [0.1, 0.15) is 16.8 Å². The largest absolute Gasteiger partial charge is 0.497 e. The third-order valence-corrected chi connectivity index (χ3v) is 5.67. The Bertz CT molecular complexity index is 1270. The monoisotopic (exact) mass is 492 g/mol. The van der Waals surface area contributed by atoms with Crippen molar-refractivity contribution in [2.24, 2.45) is 0 Å². The molecule has 3 aromatic carbocycles. The maximum absolute atomic E-state index is 13.6. The summed E-state index contributed by atoms with van der Waals surface area (Å²) in [6.45, 7) is 0. The van der Waals surface area contributed by atoms with Crippen LogP contribution in [0, 0.1) is 5.82 Å². The molecule has 0 bridgehead atoms. The normalized spacial score (nSPS) is 15.2. The molecule has 2 N–H and O–H groups in total. The van der Waals surface area contributed by atoms with Crippen LogP contribution in [-0.4, -0.2) is 41.0 Å². The minimum Gasteiger partial charge on any atom is -0.497 e. The Morgan fingerprint density at radius 1 is 1.03 bits per heavy atom. The molecule has 1 aliphatic rings. The van der Waals surface area contributed by atoms with Crippen molar-refractivity contribution in [3.8, 4) is 5.75 Å². The Hall–Kier alpha value is -4.31. The molecule has 1 aliphatic heterocycles. The van der Waals surface area contributed by atoms with E-state index in [0.717, 1.165) is 6.07 Å². The molecule has 1 unspecified atom stereocenters. The van der Waals surface area contributed by atoms with E-state index in [0.29, 0.717) is 17.1 Å². The molecule has 1 fully saturated rings. The van der Waals surface area contributed by atoms with Crippen LogP contribution < -0.4 is 20.4 Å². The van der Waals surface area contributed by atoms with Crippen molar-refractivity contribution >= 4 is 46.4 Å². The third kappa shape index (κ3) is 5.28. The fourth-order valence-electron chi connectivity index (χ4n) is 3.58. The molecule has 3 aromatic rings. The molecular formula is C25H21FN4O4S. The number of carbonyl (C=O) groups is 3. The summed E-state index contributed by atoms with van der Waals surface area (Å²) in [7, 11) is 1.52. The number of hydrogen-bond donors (Lipinski definition) is 2. The first-order valence-corrected chi connectivity index (χ1v) is 11.0. The van der Waals surface area contributed by atoms with Crippen LogP contribution in [0.4, 0.5) is 15.8 Å². The number of benzene rings is 3. The summed E-state index contributed by atoms with van der Waals surface area (Å²) in [6.07, 6.45) is -0.288. The van der Waals surface area contributed by atoms with E-state index in [1.807, 2.05) is 6.07 Å². The Morgan fingerprint density at radius 3 is 2.40 bits per heavy atom. The zero-order valence-electron chi connectivity index (χ0n) is 18.6. The van der Waals surface area contributed by atoms with Gasteiger partial charge >= 0.3 is 0 Å². The maximum atomic E-state index is 13.6. The number of nitrogens with zero attached hydrogens (tertiary/aromatic N) is 2. The molecule has 0 aliphatic carbocycles. The molecule has 1 heterocycles. The Morgan fingerprint density at radius 2 is 1.74 bits per heavy atom. The maximum Gasteiger partial charge on any atom is 0.269 e. The summed E-state index contributed by atoms with van der Waals surface area (Å²) in [5, 5.41) is 3.87. The van der Waals surface area contributed by atoms with Gasteiger partial charge < -0.3 is 10.1 Å². The van der Waals surface area contributed by atoms with Crippen molar-refractivity contribution < 1.29 is 23.5 Å². The Kier molecular flexibility index (Phi) is 7.02. The predicted molar refractivity (Wildman–Crippen MR) is 132 cm³/mol. The van der Waals surface area contributed by atoms with Gasteiger partial charge in [0.1, 0.15) is 17.6 Å². The van der Waals surface area contributed by atoms with E-state index in [-0.39, 0.29) is 17.1 Å². The van der Waals surface area contributed by atoms with E-state index in [2.05, 4.69) is 10.7 Å². The summed E-state index contributed by atoms with van der Waals surface area (Å²) in [5.41, 5.74) is 3.61. The van der Waals surface area contributed by atoms with Crippen LogP contribution in [0.2, 0.25) is 0 Å². The van der Waals surface area contributed by atoms with Gasteiger partial charge in [-0.25, -0.2) is 9.40 Å². The second-order valence-electron chi connectivity index (χ2n) is 7.61. The van der Waals surface area contributed by atoms with Crippen molar-refractivity contribution in [1.29, 1.82) is 0 Å². The van der Waals surface area contributed by atoms with E-state index in [1.165, 1.54) is 35.2 Å². The predicted octanol–water partition coefficient (Wildman–Crippen LogP) is 3.51. The van der Waals surface area contributed by atoms with Gasteiger partial charge in [-0.15, -0.1) is 0 Å². The molecule has 0 radical (unpaired) electrons. The van der Waals surface area contributed by atoms with Crippen LogP contribution in [-0.2, 0) is 9.59 Å². The van der Waals surface area contributed by atoms with Gasteiger partial charge in [0.2, 0.25) is 11.0 Å². The minimum atomic E-state index is -1.12. The first-order valence-electron chi connectivity index (χ1n) is 10.6. The highest BCUT2D eigenvalue weighted by molar-refractivity contribution is 7.80. The van der Waals surface area contributed by atoms with Gasteiger partial charge in [-0.05, 0) is 66.8 Å². The average Bonchev–Trinajstić information content (AvgIpc) is 3.08. The molecule has 178 valence electrons. The Balaban J connectivity index is 1.61. The highest BCUT2D eigenvalue weighted by Crippen LogP contribution is 2.28. The number of halogens is 1. The molecule has 0 spiro atoms. The number of carbonyl (C=O) groups excluding carboxylic acids is 3. The number of hydrazine groups is 1. The number of methoxy groups -OCH3 is 1. The number of nitrogens with one attached hydrogen (secondary N) is 2. The number of anilines is 2. The van der Waals surface area contributed by atoms with E-state index >= 15 is 0 Å². The summed E-state index contributed by atoms with van der Waals surface area (Å²) < 4.78 is 18.8. The summed E-state index contributed by atoms with van der Waals surface area (Å²) in [6, 6.07) is 19.4. The molecule has 0 aromatic heterocycles. The first kappa shape index (κ1) is 23.8. The Labute approximate surface area is 206 Å². The van der Waals surface area contributed by atoms with Crippen LogP contribution in [0.5, 0.6) is 5.75 Å². The molecule has 8 nitrogen and oxygen atoms in total. The highest BCUT2D eigenvalue weighted by Gasteiger charge is 2.45. The molecule has 10 heteroatoms. The lowest BCUT2D eigenvalue weighted by Crippen LogP contribution is -2.49. The zero-order valence-corrected chi connectivity index (χ0v) is 19.4. The number of hydrogen-bond acceptors (Lipinski definition) is 5. The van der Waals surface area contributed by atoms with E-state index < -0.39 is 29.6 Å². The number of rotatable bonds is 7. The summed E-state index contributed by atoms with van der Waals surface area (Å²) >= 11 is 5.52. The van der Waals surface area contributed by atoms with Crippen LogP contribution in [0.15, 0.2) is 78.9 Å². The summed E-state index contributed by atoms with van der Waals surface area (Å²) in [4.78, 5) is 40.2. The first-order chi connectivity index (χ1) is 16.9. The van der Waals surface area contributed by atoms with Crippen LogP contribution in [0.25, 0.3) is 0 Å². The van der Waals surface area contributed by atoms with E-state index in [1.54, 1.807) is 48.5 Å². The van der Waals surface area contributed by atoms with Gasteiger partial charge in [0.05, 0.1) is 19.2 Å². The van der Waals surface area contributed by atoms with Gasteiger partial charge in [-0.3, -0.25) is 24.7 Å². The van der Waals surface area contributed by atoms with Gasteiger partial charge in [0.25, 0.3) is 11.8 Å². The van der Waals surface area contributed by atoms with Gasteiger partial charge in [-0.1, -0.05) is 24.3 Å². The SMILES string of the molecule is COc1ccc(N2C(=O)C(CC(=O)Nc3ccccc3)N(NC(=O)c3cccc(F)c3)C2=S)cc1. The van der Waals surface area contributed by atoms with E-state index in [9.17, 15) is 18.8 Å². The smallest absolute Gasteiger partial charge is 0.269 e. The molecule has 0 saturated carbocycles. The molecule has 4 rings (SSSR count). The topological polar surface area (TPSA) is 91.0 Å². The van der Waals surface area contributed by atoms with Gasteiger partial charge in [-0.2, -0.15) is 0 Å². The lowest BCUT2D eigenvalue weighted by molar-refractivity contribution is -0.124. The lowest BCUT2D eigenvalue weighted by atomic mass is 10.1. The van der Waals surface area contributed by atoms with Crippen molar-refractivity contribution in [2.75, 3.05) is 17.3 Å². The fraction of sp³-hybridized carbons (Fsp3) is 0.120. The standard InChI is InChI=1S/C25H21FN4O4S/c1-34-20-12-10-19(11-13-20)29-24(33)21(15-22(31)27-18-8-3-2-4-9-18)30(25(29)35)28-23(32)16-6-5-7-17(26)14-16/h2-14,21H,15H2,1H3,(H,27,31)(H,28,32). The van der Waals surface area contributed by atoms with Crippen molar-refractivity contribution in [3.63, 3.8) is 0 Å². The molecule has 1 saturated heterocycles. The highest BCUT2D eigenvalue weighted by atomic mass is 32.1. The molecule has 3 amide bonds. The number of amides is 3. The summed E-state index contributed by atoms with van der Waals surface area (Å²) in [5.74, 6) is -1.62. The quantitative estimate of drug-likeness (QED) is 0.491. The molecule has 35 heavy (non-hydrogen) atoms. The number of thiocarbonyl (C=S) groups is 1. The van der Waals surface area contributed by atoms with Gasteiger partial charge in [0, 0.05) is 11.3 Å². The second-order valence-corrected chi connectivity index (χ2v) is 7.97. The van der Waals surface area contributed by atoms with E-state index in [4.69, 9.17) is 17.0 Å².